The fourth-order valence-electron chi connectivity index (χ4n) is 3.51. The molecular weight excluding hydrogens is 242 g/mol. The van der Waals surface area contributed by atoms with Crippen LogP contribution in [0.4, 0.5) is 0 Å². The molecule has 2 atom stereocenters. The van der Waals surface area contributed by atoms with Gasteiger partial charge in [0.15, 0.2) is 0 Å². The smallest absolute Gasteiger partial charge is 0.0294 e. The fraction of sp³-hybridized carbons (Fsp3) is 0.474. The van der Waals surface area contributed by atoms with E-state index in [4.69, 9.17) is 0 Å². The zero-order valence-electron chi connectivity index (χ0n) is 12.8. The van der Waals surface area contributed by atoms with Crippen LogP contribution in [0.25, 0.3) is 10.8 Å². The standard InChI is InChI=1S/C19H25N/c1-14(20-18-9-6-12-19(18,2)3)16-11-10-15-7-4-5-8-17(15)13-16/h4-5,7-8,10-11,13-14,18,20H,6,9,12H2,1-3H3. The first-order valence-electron chi connectivity index (χ1n) is 7.81. The van der Waals surface area contributed by atoms with Crippen LogP contribution in [0.15, 0.2) is 42.5 Å². The van der Waals surface area contributed by atoms with Crippen molar-refractivity contribution in [1.82, 2.24) is 5.32 Å². The van der Waals surface area contributed by atoms with E-state index >= 15 is 0 Å². The van der Waals surface area contributed by atoms with Gasteiger partial charge in [-0.1, -0.05) is 56.7 Å². The average molecular weight is 267 g/mol. The number of hydrogen-bond donors (Lipinski definition) is 1. The molecule has 1 heteroatoms. The molecular formula is C19H25N. The maximum Gasteiger partial charge on any atom is 0.0294 e. The number of hydrogen-bond acceptors (Lipinski definition) is 1. The van der Waals surface area contributed by atoms with Gasteiger partial charge in [-0.05, 0) is 47.6 Å². The fourth-order valence-corrected chi connectivity index (χ4v) is 3.51. The molecule has 1 aliphatic carbocycles. The van der Waals surface area contributed by atoms with Crippen LogP contribution in [0, 0.1) is 5.41 Å². The van der Waals surface area contributed by atoms with Crippen molar-refractivity contribution < 1.29 is 0 Å². The quantitative estimate of drug-likeness (QED) is 0.818. The SMILES string of the molecule is CC(NC1CCCC1(C)C)c1ccc2ccccc2c1. The highest BCUT2D eigenvalue weighted by atomic mass is 15.0. The van der Waals surface area contributed by atoms with Gasteiger partial charge in [0.25, 0.3) is 0 Å². The van der Waals surface area contributed by atoms with Gasteiger partial charge in [-0.2, -0.15) is 0 Å². The third-order valence-electron chi connectivity index (χ3n) is 4.98. The maximum absolute atomic E-state index is 3.85. The van der Waals surface area contributed by atoms with Crippen molar-refractivity contribution in [3.8, 4) is 0 Å². The largest absolute Gasteiger partial charge is 0.307 e. The Kier molecular flexibility index (Phi) is 3.55. The lowest BCUT2D eigenvalue weighted by Crippen LogP contribution is -2.39. The normalized spacial score (nSPS) is 23.1. The Labute approximate surface area is 122 Å². The molecule has 0 amide bonds. The summed E-state index contributed by atoms with van der Waals surface area (Å²) in [6.07, 6.45) is 4.01. The molecule has 2 unspecified atom stereocenters. The Bertz CT molecular complexity index is 599. The van der Waals surface area contributed by atoms with Gasteiger partial charge in [0, 0.05) is 12.1 Å². The number of nitrogens with one attached hydrogen (secondary N) is 1. The predicted molar refractivity (Wildman–Crippen MR) is 86.9 cm³/mol. The highest BCUT2D eigenvalue weighted by Gasteiger charge is 2.34. The van der Waals surface area contributed by atoms with E-state index in [1.807, 2.05) is 0 Å². The van der Waals surface area contributed by atoms with Crippen molar-refractivity contribution in [3.05, 3.63) is 48.0 Å². The molecule has 0 aliphatic heterocycles. The lowest BCUT2D eigenvalue weighted by atomic mass is 9.86. The van der Waals surface area contributed by atoms with Gasteiger partial charge in [0.05, 0.1) is 0 Å². The summed E-state index contributed by atoms with van der Waals surface area (Å²) in [6.45, 7) is 7.08. The van der Waals surface area contributed by atoms with Gasteiger partial charge >= 0.3 is 0 Å². The summed E-state index contributed by atoms with van der Waals surface area (Å²) in [6, 6.07) is 16.5. The minimum atomic E-state index is 0.419. The molecule has 2 aromatic rings. The van der Waals surface area contributed by atoms with Crippen molar-refractivity contribution in [3.63, 3.8) is 0 Å². The Morgan fingerprint density at radius 3 is 2.55 bits per heavy atom. The minimum Gasteiger partial charge on any atom is -0.307 e. The third kappa shape index (κ3) is 2.60. The number of benzene rings is 2. The summed E-state index contributed by atoms with van der Waals surface area (Å²) in [5.74, 6) is 0. The van der Waals surface area contributed by atoms with E-state index in [0.29, 0.717) is 17.5 Å². The van der Waals surface area contributed by atoms with E-state index in [2.05, 4.69) is 68.6 Å². The van der Waals surface area contributed by atoms with Crippen LogP contribution in [-0.2, 0) is 0 Å². The van der Waals surface area contributed by atoms with Crippen LogP contribution in [0.5, 0.6) is 0 Å². The molecule has 1 nitrogen and oxygen atoms in total. The molecule has 20 heavy (non-hydrogen) atoms. The predicted octanol–water partition coefficient (Wildman–Crippen LogP) is 5.07. The van der Waals surface area contributed by atoms with Crippen molar-refractivity contribution in [2.24, 2.45) is 5.41 Å². The van der Waals surface area contributed by atoms with E-state index in [1.165, 1.54) is 35.6 Å². The molecule has 0 aromatic heterocycles. The van der Waals surface area contributed by atoms with E-state index in [0.717, 1.165) is 0 Å². The number of fused-ring (bicyclic) bond motifs is 1. The average Bonchev–Trinajstić information content (AvgIpc) is 2.77. The van der Waals surface area contributed by atoms with Crippen molar-refractivity contribution in [2.45, 2.75) is 52.1 Å². The van der Waals surface area contributed by atoms with E-state index in [-0.39, 0.29) is 0 Å². The molecule has 1 aliphatic rings. The summed E-state index contributed by atoms with van der Waals surface area (Å²) in [5.41, 5.74) is 1.83. The highest BCUT2D eigenvalue weighted by Crippen LogP contribution is 2.38. The minimum absolute atomic E-state index is 0.419. The number of rotatable bonds is 3. The first-order chi connectivity index (χ1) is 9.56. The van der Waals surface area contributed by atoms with Gasteiger partial charge in [0.1, 0.15) is 0 Å². The van der Waals surface area contributed by atoms with Gasteiger partial charge < -0.3 is 5.32 Å². The topological polar surface area (TPSA) is 12.0 Å². The van der Waals surface area contributed by atoms with Crippen molar-refractivity contribution in [1.29, 1.82) is 0 Å². The molecule has 106 valence electrons. The van der Waals surface area contributed by atoms with Crippen molar-refractivity contribution in [2.75, 3.05) is 0 Å². The molecule has 0 heterocycles. The van der Waals surface area contributed by atoms with Crippen LogP contribution in [0.2, 0.25) is 0 Å². The molecule has 1 saturated carbocycles. The summed E-state index contributed by atoms with van der Waals surface area (Å²) in [5, 5.41) is 6.51. The second-order valence-corrected chi connectivity index (χ2v) is 6.93. The molecule has 0 saturated heterocycles. The summed E-state index contributed by atoms with van der Waals surface area (Å²) < 4.78 is 0. The Hall–Kier alpha value is -1.34. The zero-order valence-corrected chi connectivity index (χ0v) is 12.8. The van der Waals surface area contributed by atoms with Crippen LogP contribution in [-0.4, -0.2) is 6.04 Å². The van der Waals surface area contributed by atoms with E-state index in [1.54, 1.807) is 0 Å². The second-order valence-electron chi connectivity index (χ2n) is 6.93. The van der Waals surface area contributed by atoms with Crippen LogP contribution in [0.3, 0.4) is 0 Å². The lowest BCUT2D eigenvalue weighted by molar-refractivity contribution is 0.266. The van der Waals surface area contributed by atoms with Crippen molar-refractivity contribution >= 4 is 10.8 Å². The Morgan fingerprint density at radius 1 is 1.10 bits per heavy atom. The molecule has 0 radical (unpaired) electrons. The molecule has 3 rings (SSSR count). The van der Waals surface area contributed by atoms with Crippen LogP contribution >= 0.6 is 0 Å². The molecule has 0 bridgehead atoms. The molecule has 1 fully saturated rings. The maximum atomic E-state index is 3.85. The van der Waals surface area contributed by atoms with E-state index in [9.17, 15) is 0 Å². The summed E-state index contributed by atoms with van der Waals surface area (Å²) in [7, 11) is 0. The van der Waals surface area contributed by atoms with Gasteiger partial charge in [0.2, 0.25) is 0 Å². The first-order valence-corrected chi connectivity index (χ1v) is 7.81. The van der Waals surface area contributed by atoms with E-state index < -0.39 is 0 Å². The zero-order chi connectivity index (χ0) is 14.2. The first kappa shape index (κ1) is 13.6. The molecule has 0 spiro atoms. The monoisotopic (exact) mass is 267 g/mol. The van der Waals surface area contributed by atoms with Gasteiger partial charge in [-0.25, -0.2) is 0 Å². The lowest BCUT2D eigenvalue weighted by Gasteiger charge is -2.31. The van der Waals surface area contributed by atoms with Gasteiger partial charge in [-0.15, -0.1) is 0 Å². The van der Waals surface area contributed by atoms with Crippen LogP contribution < -0.4 is 5.32 Å². The Balaban J connectivity index is 1.80. The summed E-state index contributed by atoms with van der Waals surface area (Å²) >= 11 is 0. The Morgan fingerprint density at radius 2 is 1.85 bits per heavy atom. The summed E-state index contributed by atoms with van der Waals surface area (Å²) in [4.78, 5) is 0. The highest BCUT2D eigenvalue weighted by molar-refractivity contribution is 5.83. The molecule has 1 N–H and O–H groups in total. The van der Waals surface area contributed by atoms with Gasteiger partial charge in [-0.3, -0.25) is 0 Å². The van der Waals surface area contributed by atoms with Crippen LogP contribution in [0.1, 0.15) is 51.6 Å². The second kappa shape index (κ2) is 5.21. The third-order valence-corrected chi connectivity index (χ3v) is 4.98. The molecule has 2 aromatic carbocycles.